The van der Waals surface area contributed by atoms with E-state index in [0.29, 0.717) is 11.8 Å². The monoisotopic (exact) mass is 247 g/mol. The van der Waals surface area contributed by atoms with Crippen molar-refractivity contribution in [1.82, 2.24) is 5.32 Å². The van der Waals surface area contributed by atoms with Crippen LogP contribution in [-0.2, 0) is 6.42 Å². The fourth-order valence-corrected chi connectivity index (χ4v) is 2.84. The third kappa shape index (κ3) is 3.49. The molecular formula is C16H25NO. The summed E-state index contributed by atoms with van der Waals surface area (Å²) in [6, 6.07) is 6.33. The number of phenolic OH excluding ortho intramolecular Hbond substituents is 1. The van der Waals surface area contributed by atoms with Gasteiger partial charge in [0.1, 0.15) is 5.75 Å². The Hall–Kier alpha value is -1.02. The maximum absolute atomic E-state index is 9.53. The number of rotatable bonds is 6. The van der Waals surface area contributed by atoms with Gasteiger partial charge in [-0.1, -0.05) is 32.3 Å². The van der Waals surface area contributed by atoms with Crippen molar-refractivity contribution in [1.29, 1.82) is 0 Å². The lowest BCUT2D eigenvalue weighted by atomic mass is 9.87. The van der Waals surface area contributed by atoms with Crippen LogP contribution >= 0.6 is 0 Å². The quantitative estimate of drug-likeness (QED) is 0.746. The van der Waals surface area contributed by atoms with Gasteiger partial charge in [0, 0.05) is 6.04 Å². The van der Waals surface area contributed by atoms with Crippen molar-refractivity contribution in [3.05, 3.63) is 29.3 Å². The van der Waals surface area contributed by atoms with Crippen LogP contribution in [0.4, 0.5) is 0 Å². The van der Waals surface area contributed by atoms with Crippen molar-refractivity contribution in [3.8, 4) is 5.75 Å². The van der Waals surface area contributed by atoms with E-state index in [-0.39, 0.29) is 0 Å². The first-order valence-corrected chi connectivity index (χ1v) is 7.36. The molecule has 1 aromatic rings. The molecule has 0 aromatic heterocycles. The van der Waals surface area contributed by atoms with Crippen LogP contribution in [0.3, 0.4) is 0 Å². The van der Waals surface area contributed by atoms with Crippen LogP contribution < -0.4 is 5.32 Å². The summed E-state index contributed by atoms with van der Waals surface area (Å²) in [6.07, 6.45) is 8.81. The van der Waals surface area contributed by atoms with Crippen molar-refractivity contribution in [2.24, 2.45) is 0 Å². The predicted molar refractivity (Wildman–Crippen MR) is 75.9 cm³/mol. The Labute approximate surface area is 110 Å². The van der Waals surface area contributed by atoms with Gasteiger partial charge in [0.2, 0.25) is 0 Å². The number of unbranched alkanes of at least 4 members (excludes halogenated alkanes) is 3. The number of nitrogens with one attached hydrogen (secondary N) is 1. The van der Waals surface area contributed by atoms with Gasteiger partial charge < -0.3 is 10.4 Å². The molecule has 0 amide bonds. The second-order valence-corrected chi connectivity index (χ2v) is 5.34. The Kier molecular flexibility index (Phi) is 5.06. The molecule has 0 radical (unpaired) electrons. The first-order valence-electron chi connectivity index (χ1n) is 7.36. The normalized spacial score (nSPS) is 18.6. The minimum atomic E-state index is 0.400. The van der Waals surface area contributed by atoms with Crippen LogP contribution in [0, 0.1) is 0 Å². The number of hydrogen-bond acceptors (Lipinski definition) is 2. The molecule has 0 bridgehead atoms. The summed E-state index contributed by atoms with van der Waals surface area (Å²) in [6.45, 7) is 3.36. The van der Waals surface area contributed by atoms with Crippen LogP contribution in [0.5, 0.6) is 5.75 Å². The summed E-state index contributed by atoms with van der Waals surface area (Å²) in [5, 5.41) is 13.2. The molecule has 0 saturated heterocycles. The van der Waals surface area contributed by atoms with Crippen molar-refractivity contribution in [3.63, 3.8) is 0 Å². The fraction of sp³-hybridized carbons (Fsp3) is 0.625. The molecule has 1 aliphatic carbocycles. The number of fused-ring (bicyclic) bond motifs is 1. The number of aromatic hydroxyl groups is 1. The van der Waals surface area contributed by atoms with Crippen molar-refractivity contribution in [2.45, 2.75) is 57.9 Å². The molecule has 0 fully saturated rings. The summed E-state index contributed by atoms with van der Waals surface area (Å²) < 4.78 is 0. The first-order chi connectivity index (χ1) is 8.81. The van der Waals surface area contributed by atoms with E-state index < -0.39 is 0 Å². The molecule has 2 rings (SSSR count). The highest BCUT2D eigenvalue weighted by Crippen LogP contribution is 2.31. The number of aryl methyl sites for hydroxylation is 1. The summed E-state index contributed by atoms with van der Waals surface area (Å²) >= 11 is 0. The molecular weight excluding hydrogens is 222 g/mol. The average molecular weight is 247 g/mol. The van der Waals surface area contributed by atoms with Gasteiger partial charge in [0.25, 0.3) is 0 Å². The van der Waals surface area contributed by atoms with Gasteiger partial charge in [0.05, 0.1) is 0 Å². The standard InChI is InChI=1S/C16H25NO/c1-2-3-4-5-11-17-16-8-6-7-13-12-14(18)9-10-15(13)16/h9-10,12,16-18H,2-8,11H2,1H3. The van der Waals surface area contributed by atoms with Crippen LogP contribution in [0.25, 0.3) is 0 Å². The lowest BCUT2D eigenvalue weighted by Gasteiger charge is -2.26. The Morgan fingerprint density at radius 2 is 2.17 bits per heavy atom. The van der Waals surface area contributed by atoms with E-state index in [1.165, 1.54) is 49.7 Å². The van der Waals surface area contributed by atoms with Gasteiger partial charge >= 0.3 is 0 Å². The molecule has 1 aliphatic rings. The van der Waals surface area contributed by atoms with E-state index in [1.807, 2.05) is 12.1 Å². The van der Waals surface area contributed by atoms with E-state index in [0.717, 1.165) is 13.0 Å². The second kappa shape index (κ2) is 6.79. The highest BCUT2D eigenvalue weighted by Gasteiger charge is 2.19. The van der Waals surface area contributed by atoms with Crippen LogP contribution in [0.1, 0.15) is 62.6 Å². The molecule has 100 valence electrons. The van der Waals surface area contributed by atoms with E-state index in [1.54, 1.807) is 0 Å². The van der Waals surface area contributed by atoms with Crippen molar-refractivity contribution < 1.29 is 5.11 Å². The van der Waals surface area contributed by atoms with E-state index in [2.05, 4.69) is 18.3 Å². The number of benzene rings is 1. The van der Waals surface area contributed by atoms with Crippen molar-refractivity contribution >= 4 is 0 Å². The molecule has 1 unspecified atom stereocenters. The largest absolute Gasteiger partial charge is 0.508 e. The van der Waals surface area contributed by atoms with E-state index in [9.17, 15) is 5.11 Å². The Bertz CT molecular complexity index is 375. The third-order valence-electron chi connectivity index (χ3n) is 3.86. The highest BCUT2D eigenvalue weighted by molar-refractivity contribution is 5.38. The number of phenols is 1. The average Bonchev–Trinajstić information content (AvgIpc) is 2.38. The van der Waals surface area contributed by atoms with Gasteiger partial charge in [-0.2, -0.15) is 0 Å². The topological polar surface area (TPSA) is 32.3 Å². The molecule has 0 aliphatic heterocycles. The van der Waals surface area contributed by atoms with E-state index in [4.69, 9.17) is 0 Å². The SMILES string of the molecule is CCCCCCNC1CCCc2cc(O)ccc21. The molecule has 0 spiro atoms. The summed E-state index contributed by atoms with van der Waals surface area (Å²) in [5.41, 5.74) is 2.72. The molecule has 1 aromatic carbocycles. The van der Waals surface area contributed by atoms with E-state index >= 15 is 0 Å². The zero-order chi connectivity index (χ0) is 12.8. The molecule has 18 heavy (non-hydrogen) atoms. The third-order valence-corrected chi connectivity index (χ3v) is 3.86. The predicted octanol–water partition coefficient (Wildman–Crippen LogP) is 3.94. The van der Waals surface area contributed by atoms with Crippen LogP contribution in [-0.4, -0.2) is 11.7 Å². The van der Waals surface area contributed by atoms with Gasteiger partial charge in [-0.25, -0.2) is 0 Å². The maximum atomic E-state index is 9.53. The van der Waals surface area contributed by atoms with Gasteiger partial charge in [-0.3, -0.25) is 0 Å². The first kappa shape index (κ1) is 13.4. The van der Waals surface area contributed by atoms with Crippen LogP contribution in [0.15, 0.2) is 18.2 Å². The second-order valence-electron chi connectivity index (χ2n) is 5.34. The zero-order valence-electron chi connectivity index (χ0n) is 11.4. The van der Waals surface area contributed by atoms with Crippen LogP contribution in [0.2, 0.25) is 0 Å². The lowest BCUT2D eigenvalue weighted by molar-refractivity contribution is 0.443. The summed E-state index contributed by atoms with van der Waals surface area (Å²) in [4.78, 5) is 0. The zero-order valence-corrected chi connectivity index (χ0v) is 11.4. The minimum Gasteiger partial charge on any atom is -0.508 e. The van der Waals surface area contributed by atoms with Gasteiger partial charge in [-0.15, -0.1) is 0 Å². The van der Waals surface area contributed by atoms with Gasteiger partial charge in [-0.05, 0) is 55.5 Å². The fourth-order valence-electron chi connectivity index (χ4n) is 2.84. The molecule has 2 N–H and O–H groups in total. The Morgan fingerprint density at radius 1 is 1.28 bits per heavy atom. The van der Waals surface area contributed by atoms with Crippen molar-refractivity contribution in [2.75, 3.05) is 6.54 Å². The Morgan fingerprint density at radius 3 is 3.00 bits per heavy atom. The maximum Gasteiger partial charge on any atom is 0.115 e. The highest BCUT2D eigenvalue weighted by atomic mass is 16.3. The molecule has 2 heteroatoms. The molecule has 0 heterocycles. The number of hydrogen-bond donors (Lipinski definition) is 2. The smallest absolute Gasteiger partial charge is 0.115 e. The minimum absolute atomic E-state index is 0.400. The molecule has 0 saturated carbocycles. The Balaban J connectivity index is 1.88. The summed E-state index contributed by atoms with van der Waals surface area (Å²) in [5.74, 6) is 0.400. The lowest BCUT2D eigenvalue weighted by Crippen LogP contribution is -2.26. The molecule has 2 nitrogen and oxygen atoms in total. The van der Waals surface area contributed by atoms with Gasteiger partial charge in [0.15, 0.2) is 0 Å². The molecule has 1 atom stereocenters. The summed E-state index contributed by atoms with van der Waals surface area (Å²) in [7, 11) is 0.